The fraction of sp³-hybridized carbons (Fsp3) is 0.120. The van der Waals surface area contributed by atoms with Crippen LogP contribution in [0.5, 0.6) is 0 Å². The lowest BCUT2D eigenvalue weighted by molar-refractivity contribution is -0.116. The largest absolute Gasteiger partial charge is 0.329 e. The lowest BCUT2D eigenvalue weighted by Gasteiger charge is -2.15. The van der Waals surface area contributed by atoms with Crippen LogP contribution in [-0.4, -0.2) is 26.9 Å². The summed E-state index contributed by atoms with van der Waals surface area (Å²) in [5.41, 5.74) is 2.67. The third-order valence-electron chi connectivity index (χ3n) is 5.73. The molecule has 1 N–H and O–H groups in total. The van der Waals surface area contributed by atoms with Crippen molar-refractivity contribution < 1.29 is 14.4 Å². The zero-order valence-corrected chi connectivity index (χ0v) is 17.8. The van der Waals surface area contributed by atoms with E-state index in [0.717, 1.165) is 10.4 Å². The summed E-state index contributed by atoms with van der Waals surface area (Å²) in [5, 5.41) is 2.77. The van der Waals surface area contributed by atoms with E-state index in [1.54, 1.807) is 59.2 Å². The molecule has 1 aliphatic heterocycles. The van der Waals surface area contributed by atoms with Crippen LogP contribution in [0.2, 0.25) is 0 Å². The van der Waals surface area contributed by atoms with Gasteiger partial charge in [0, 0.05) is 12.2 Å². The molecule has 8 nitrogen and oxygen atoms in total. The second-order valence-electron chi connectivity index (χ2n) is 7.69. The average molecular weight is 440 g/mol. The minimum atomic E-state index is -0.405. The van der Waals surface area contributed by atoms with Crippen LogP contribution >= 0.6 is 0 Å². The molecule has 0 radical (unpaired) electrons. The Balaban J connectivity index is 1.40. The molecule has 0 atom stereocenters. The van der Waals surface area contributed by atoms with Gasteiger partial charge in [0.25, 0.3) is 11.8 Å². The molecule has 8 heteroatoms. The van der Waals surface area contributed by atoms with Crippen molar-refractivity contribution in [3.63, 3.8) is 0 Å². The Labute approximate surface area is 188 Å². The Kier molecular flexibility index (Phi) is 4.90. The van der Waals surface area contributed by atoms with Gasteiger partial charge in [0.15, 0.2) is 0 Å². The average Bonchev–Trinajstić information content (AvgIpc) is 3.24. The molecule has 0 saturated heterocycles. The van der Waals surface area contributed by atoms with Crippen molar-refractivity contribution in [2.24, 2.45) is 0 Å². The number of nitrogens with zero attached hydrogens (tertiary/aromatic N) is 3. The van der Waals surface area contributed by atoms with E-state index in [0.29, 0.717) is 34.6 Å². The van der Waals surface area contributed by atoms with Crippen LogP contribution in [0.15, 0.2) is 77.6 Å². The van der Waals surface area contributed by atoms with Crippen LogP contribution in [0.3, 0.4) is 0 Å². The minimum absolute atomic E-state index is 0.163. The Morgan fingerprint density at radius 3 is 2.03 bits per heavy atom. The van der Waals surface area contributed by atoms with E-state index >= 15 is 0 Å². The number of imide groups is 1. The summed E-state index contributed by atoms with van der Waals surface area (Å²) in [6, 6.07) is 20.5. The normalized spacial score (nSPS) is 12.9. The first-order chi connectivity index (χ1) is 16.0. The predicted octanol–water partition coefficient (Wildman–Crippen LogP) is 3.26. The van der Waals surface area contributed by atoms with Crippen LogP contribution in [0.25, 0.3) is 11.0 Å². The number of fused-ring (bicyclic) bond motifs is 2. The van der Waals surface area contributed by atoms with Gasteiger partial charge in [-0.1, -0.05) is 30.3 Å². The lowest BCUT2D eigenvalue weighted by atomic mass is 10.1. The van der Waals surface area contributed by atoms with Gasteiger partial charge >= 0.3 is 5.69 Å². The Bertz CT molecular complexity index is 1460. The van der Waals surface area contributed by atoms with Gasteiger partial charge in [0.2, 0.25) is 5.91 Å². The first-order valence-electron chi connectivity index (χ1n) is 10.6. The van der Waals surface area contributed by atoms with E-state index in [4.69, 9.17) is 0 Å². The number of imidazole rings is 1. The van der Waals surface area contributed by atoms with E-state index in [9.17, 15) is 19.2 Å². The fourth-order valence-corrected chi connectivity index (χ4v) is 4.22. The van der Waals surface area contributed by atoms with Crippen LogP contribution in [0, 0.1) is 0 Å². The van der Waals surface area contributed by atoms with Crippen molar-refractivity contribution in [3.8, 4) is 0 Å². The van der Waals surface area contributed by atoms with E-state index in [1.807, 2.05) is 25.1 Å². The highest BCUT2D eigenvalue weighted by Gasteiger charge is 2.36. The van der Waals surface area contributed by atoms with Crippen LogP contribution in [0.1, 0.15) is 27.6 Å². The van der Waals surface area contributed by atoms with Crippen LogP contribution in [0.4, 0.5) is 11.4 Å². The molecule has 0 saturated carbocycles. The third-order valence-corrected chi connectivity index (χ3v) is 5.73. The van der Waals surface area contributed by atoms with Crippen molar-refractivity contribution in [2.45, 2.75) is 20.0 Å². The molecule has 0 fully saturated rings. The highest BCUT2D eigenvalue weighted by molar-refractivity contribution is 6.34. The Morgan fingerprint density at radius 2 is 1.39 bits per heavy atom. The summed E-state index contributed by atoms with van der Waals surface area (Å²) in [5.74, 6) is -1.20. The monoisotopic (exact) mass is 440 g/mol. The lowest BCUT2D eigenvalue weighted by Crippen LogP contribution is -2.30. The molecular weight excluding hydrogens is 420 g/mol. The van der Waals surface area contributed by atoms with E-state index in [1.165, 1.54) is 4.57 Å². The highest BCUT2D eigenvalue weighted by Crippen LogP contribution is 2.29. The maximum absolute atomic E-state index is 12.8. The van der Waals surface area contributed by atoms with Crippen molar-refractivity contribution >= 4 is 40.1 Å². The summed E-state index contributed by atoms with van der Waals surface area (Å²) in [7, 11) is 0. The first kappa shape index (κ1) is 20.4. The van der Waals surface area contributed by atoms with Gasteiger partial charge in [-0.3, -0.25) is 23.5 Å². The zero-order valence-electron chi connectivity index (χ0n) is 17.8. The van der Waals surface area contributed by atoms with Crippen molar-refractivity contribution in [1.29, 1.82) is 0 Å². The van der Waals surface area contributed by atoms with Gasteiger partial charge in [-0.05, 0) is 49.4 Å². The quantitative estimate of drug-likeness (QED) is 0.482. The first-order valence-corrected chi connectivity index (χ1v) is 10.6. The molecule has 1 aliphatic rings. The summed E-state index contributed by atoms with van der Waals surface area (Å²) >= 11 is 0. The number of hydrogen-bond acceptors (Lipinski definition) is 4. The molecule has 4 aromatic rings. The molecule has 164 valence electrons. The third kappa shape index (κ3) is 3.32. The van der Waals surface area contributed by atoms with Crippen molar-refractivity contribution in [2.75, 3.05) is 10.2 Å². The van der Waals surface area contributed by atoms with Gasteiger partial charge in [-0.25, -0.2) is 9.69 Å². The number of hydrogen-bond donors (Lipinski definition) is 1. The Hall–Kier alpha value is -4.46. The number of carbonyl (C=O) groups is 3. The smallest absolute Gasteiger partial charge is 0.324 e. The number of para-hydroxylation sites is 2. The number of anilines is 2. The minimum Gasteiger partial charge on any atom is -0.324 e. The number of aromatic nitrogens is 2. The molecule has 33 heavy (non-hydrogen) atoms. The molecule has 3 amide bonds. The molecule has 2 heterocycles. The number of amides is 3. The maximum atomic E-state index is 12.8. The van der Waals surface area contributed by atoms with E-state index in [2.05, 4.69) is 5.32 Å². The van der Waals surface area contributed by atoms with Gasteiger partial charge in [0.1, 0.15) is 6.54 Å². The van der Waals surface area contributed by atoms with Crippen molar-refractivity contribution in [3.05, 3.63) is 94.4 Å². The molecule has 0 unspecified atom stereocenters. The molecule has 0 spiro atoms. The Morgan fingerprint density at radius 1 is 0.788 bits per heavy atom. The number of rotatable bonds is 5. The van der Waals surface area contributed by atoms with Crippen LogP contribution < -0.4 is 15.9 Å². The van der Waals surface area contributed by atoms with Gasteiger partial charge < -0.3 is 5.32 Å². The summed E-state index contributed by atoms with van der Waals surface area (Å²) in [6.45, 7) is 2.21. The molecule has 0 bridgehead atoms. The predicted molar refractivity (Wildman–Crippen MR) is 125 cm³/mol. The fourth-order valence-electron chi connectivity index (χ4n) is 4.22. The standard InChI is InChI=1S/C25H20N4O4/c1-2-27-20-12-5-6-13-21(20)28(25(27)33)15-22(30)26-16-8-7-9-17(14-16)29-23(31)18-10-3-4-11-19(18)24(29)32/h3-14H,2,15H2,1H3,(H,26,30). The molecule has 3 aromatic carbocycles. The number of benzene rings is 3. The van der Waals surface area contributed by atoms with E-state index in [-0.39, 0.29) is 12.2 Å². The second kappa shape index (κ2) is 7.90. The molecule has 5 rings (SSSR count). The highest BCUT2D eigenvalue weighted by atomic mass is 16.2. The number of carbonyl (C=O) groups excluding carboxylic acids is 3. The number of aryl methyl sites for hydroxylation is 1. The zero-order chi connectivity index (χ0) is 23.1. The van der Waals surface area contributed by atoms with Gasteiger partial charge in [-0.15, -0.1) is 0 Å². The van der Waals surface area contributed by atoms with E-state index < -0.39 is 17.7 Å². The second-order valence-corrected chi connectivity index (χ2v) is 7.69. The van der Waals surface area contributed by atoms with Gasteiger partial charge in [-0.2, -0.15) is 0 Å². The summed E-state index contributed by atoms with van der Waals surface area (Å²) in [6.07, 6.45) is 0. The van der Waals surface area contributed by atoms with Gasteiger partial charge in [0.05, 0.1) is 27.8 Å². The SMILES string of the molecule is CCn1c(=O)n(CC(=O)Nc2cccc(N3C(=O)c4ccccc4C3=O)c2)c2ccccc21. The van der Waals surface area contributed by atoms with Crippen LogP contribution in [-0.2, 0) is 17.9 Å². The molecule has 0 aliphatic carbocycles. The van der Waals surface area contributed by atoms with Crippen molar-refractivity contribution in [1.82, 2.24) is 9.13 Å². The summed E-state index contributed by atoms with van der Waals surface area (Å²) in [4.78, 5) is 52.2. The topological polar surface area (TPSA) is 93.4 Å². The maximum Gasteiger partial charge on any atom is 0.329 e. The molecule has 1 aromatic heterocycles. The molecular formula is C25H20N4O4. The number of nitrogens with one attached hydrogen (secondary N) is 1. The summed E-state index contributed by atoms with van der Waals surface area (Å²) < 4.78 is 3.05.